The first-order valence-corrected chi connectivity index (χ1v) is 4.68. The number of carbonyl (C=O) groups excluding carboxylic acids is 1. The summed E-state index contributed by atoms with van der Waals surface area (Å²) in [5.74, 6) is 0. The van der Waals surface area contributed by atoms with Crippen molar-refractivity contribution in [2.45, 2.75) is 0 Å². The number of halogens is 1. The number of carbonyl (C=O) groups is 1. The average molecular weight is 187 g/mol. The lowest BCUT2D eigenvalue weighted by Crippen LogP contribution is -1.90. The number of hydrogen-bond donors (Lipinski definition) is 0. The van der Waals surface area contributed by atoms with Crippen LogP contribution in [-0.4, -0.2) is 11.4 Å². The summed E-state index contributed by atoms with van der Waals surface area (Å²) < 4.78 is 0. The molecule has 0 radical (unpaired) electrons. The molecule has 0 aromatic heterocycles. The Labute approximate surface area is 74.7 Å². The van der Waals surface area contributed by atoms with Crippen LogP contribution in [0.4, 0.5) is 0 Å². The Kier molecular flexibility index (Phi) is 2.97. The Morgan fingerprint density at radius 3 is 2.82 bits per heavy atom. The van der Waals surface area contributed by atoms with Gasteiger partial charge in [-0.05, 0) is 18.4 Å². The third-order valence-electron chi connectivity index (χ3n) is 1.25. The molecule has 0 fully saturated rings. The third kappa shape index (κ3) is 2.24. The molecule has 0 unspecified atom stereocenters. The maximum absolute atomic E-state index is 11.1. The molecular formula is C8H7ClOS. The van der Waals surface area contributed by atoms with E-state index in [9.17, 15) is 4.79 Å². The first kappa shape index (κ1) is 8.62. The molecule has 0 N–H and O–H groups in total. The molecule has 0 atom stereocenters. The maximum atomic E-state index is 11.1. The van der Waals surface area contributed by atoms with Crippen molar-refractivity contribution >= 4 is 28.5 Å². The highest BCUT2D eigenvalue weighted by atomic mass is 35.5. The zero-order valence-electron chi connectivity index (χ0n) is 6.00. The lowest BCUT2D eigenvalue weighted by atomic mass is 10.2. The minimum Gasteiger partial charge on any atom is -0.282 e. The Hall–Kier alpha value is -0.470. The molecule has 0 aliphatic heterocycles. The monoisotopic (exact) mass is 186 g/mol. The molecule has 1 aromatic carbocycles. The van der Waals surface area contributed by atoms with Crippen molar-refractivity contribution in [1.29, 1.82) is 0 Å². The molecule has 58 valence electrons. The van der Waals surface area contributed by atoms with Crippen molar-refractivity contribution in [3.05, 3.63) is 34.9 Å². The van der Waals surface area contributed by atoms with E-state index in [4.69, 9.17) is 11.6 Å². The summed E-state index contributed by atoms with van der Waals surface area (Å²) in [4.78, 5) is 11.1. The van der Waals surface area contributed by atoms with Gasteiger partial charge in [0.2, 0.25) is 5.12 Å². The predicted octanol–water partition coefficient (Wildman–Crippen LogP) is 2.84. The van der Waals surface area contributed by atoms with Crippen LogP contribution >= 0.6 is 23.4 Å². The van der Waals surface area contributed by atoms with Gasteiger partial charge in [-0.2, -0.15) is 0 Å². The van der Waals surface area contributed by atoms with Crippen LogP contribution in [-0.2, 0) is 0 Å². The fraction of sp³-hybridized carbons (Fsp3) is 0.125. The van der Waals surface area contributed by atoms with Crippen molar-refractivity contribution in [2.24, 2.45) is 0 Å². The molecule has 1 rings (SSSR count). The zero-order valence-corrected chi connectivity index (χ0v) is 7.58. The largest absolute Gasteiger partial charge is 0.282 e. The Morgan fingerprint density at radius 2 is 2.27 bits per heavy atom. The molecule has 0 heterocycles. The van der Waals surface area contributed by atoms with Gasteiger partial charge in [0.1, 0.15) is 0 Å². The Bertz CT molecular complexity index is 273. The van der Waals surface area contributed by atoms with Gasteiger partial charge in [-0.1, -0.05) is 35.5 Å². The van der Waals surface area contributed by atoms with Gasteiger partial charge in [0.25, 0.3) is 0 Å². The van der Waals surface area contributed by atoms with Crippen molar-refractivity contribution in [3.63, 3.8) is 0 Å². The van der Waals surface area contributed by atoms with E-state index in [1.807, 2.05) is 0 Å². The van der Waals surface area contributed by atoms with Crippen LogP contribution in [0.25, 0.3) is 0 Å². The summed E-state index contributed by atoms with van der Waals surface area (Å²) in [6.07, 6.45) is 1.75. The number of benzene rings is 1. The molecule has 0 aliphatic rings. The van der Waals surface area contributed by atoms with E-state index in [-0.39, 0.29) is 5.12 Å². The molecule has 0 aliphatic carbocycles. The topological polar surface area (TPSA) is 17.1 Å². The minimum atomic E-state index is 0.0486. The second-order valence-electron chi connectivity index (χ2n) is 2.00. The van der Waals surface area contributed by atoms with Gasteiger partial charge in [-0.25, -0.2) is 0 Å². The van der Waals surface area contributed by atoms with E-state index in [1.165, 1.54) is 11.8 Å². The Morgan fingerprint density at radius 1 is 1.55 bits per heavy atom. The van der Waals surface area contributed by atoms with Gasteiger partial charge in [0.15, 0.2) is 0 Å². The summed E-state index contributed by atoms with van der Waals surface area (Å²) in [5, 5.41) is 0.650. The van der Waals surface area contributed by atoms with Gasteiger partial charge >= 0.3 is 0 Å². The van der Waals surface area contributed by atoms with Crippen LogP contribution < -0.4 is 0 Å². The van der Waals surface area contributed by atoms with Crippen molar-refractivity contribution < 1.29 is 4.79 Å². The van der Waals surface area contributed by atoms with Crippen LogP contribution in [0.3, 0.4) is 0 Å². The third-order valence-corrected chi connectivity index (χ3v) is 2.09. The fourth-order valence-corrected chi connectivity index (χ4v) is 1.29. The first-order chi connectivity index (χ1) is 5.24. The highest BCUT2D eigenvalue weighted by Crippen LogP contribution is 2.14. The second-order valence-corrected chi connectivity index (χ2v) is 3.22. The van der Waals surface area contributed by atoms with Crippen molar-refractivity contribution in [2.75, 3.05) is 6.26 Å². The predicted molar refractivity (Wildman–Crippen MR) is 49.3 cm³/mol. The lowest BCUT2D eigenvalue weighted by molar-refractivity contribution is 0.108. The minimum absolute atomic E-state index is 0.0486. The summed E-state index contributed by atoms with van der Waals surface area (Å²) >= 11 is 6.87. The molecule has 0 bridgehead atoms. The fourth-order valence-electron chi connectivity index (χ4n) is 0.733. The van der Waals surface area contributed by atoms with E-state index in [2.05, 4.69) is 0 Å². The number of rotatable bonds is 1. The van der Waals surface area contributed by atoms with E-state index in [0.717, 1.165) is 0 Å². The normalized spacial score (nSPS) is 9.64. The molecule has 3 heteroatoms. The summed E-state index contributed by atoms with van der Waals surface area (Å²) in [6, 6.07) is 6.94. The van der Waals surface area contributed by atoms with E-state index in [0.29, 0.717) is 10.6 Å². The molecular weight excluding hydrogens is 180 g/mol. The van der Waals surface area contributed by atoms with Crippen molar-refractivity contribution in [1.82, 2.24) is 0 Å². The standard InChI is InChI=1S/C8H7ClOS/c1-11-8(10)6-3-2-4-7(9)5-6/h2-5H,1H3. The van der Waals surface area contributed by atoms with Crippen molar-refractivity contribution in [3.8, 4) is 0 Å². The molecule has 0 spiro atoms. The van der Waals surface area contributed by atoms with Gasteiger partial charge in [0.05, 0.1) is 0 Å². The first-order valence-electron chi connectivity index (χ1n) is 3.08. The van der Waals surface area contributed by atoms with Crippen LogP contribution in [0.2, 0.25) is 5.02 Å². The molecule has 1 aromatic rings. The summed E-state index contributed by atoms with van der Waals surface area (Å²) in [7, 11) is 0. The molecule has 1 nitrogen and oxygen atoms in total. The highest BCUT2D eigenvalue weighted by Gasteiger charge is 2.02. The van der Waals surface area contributed by atoms with E-state index >= 15 is 0 Å². The molecule has 11 heavy (non-hydrogen) atoms. The average Bonchev–Trinajstić information content (AvgIpc) is 2.03. The maximum Gasteiger partial charge on any atom is 0.219 e. The quantitative estimate of drug-likeness (QED) is 0.671. The second kappa shape index (κ2) is 3.79. The van der Waals surface area contributed by atoms with Gasteiger partial charge in [-0.15, -0.1) is 0 Å². The van der Waals surface area contributed by atoms with Crippen LogP contribution in [0.1, 0.15) is 10.4 Å². The Balaban J connectivity index is 2.96. The molecule has 0 saturated heterocycles. The van der Waals surface area contributed by atoms with Gasteiger partial charge in [0, 0.05) is 10.6 Å². The van der Waals surface area contributed by atoms with E-state index < -0.39 is 0 Å². The number of hydrogen-bond acceptors (Lipinski definition) is 2. The molecule has 0 amide bonds. The van der Waals surface area contributed by atoms with E-state index in [1.54, 1.807) is 30.5 Å². The number of thioether (sulfide) groups is 1. The summed E-state index contributed by atoms with van der Waals surface area (Å²) in [5.41, 5.74) is 0.657. The zero-order chi connectivity index (χ0) is 8.27. The van der Waals surface area contributed by atoms with Gasteiger partial charge in [-0.3, -0.25) is 4.79 Å². The van der Waals surface area contributed by atoms with Gasteiger partial charge < -0.3 is 0 Å². The highest BCUT2D eigenvalue weighted by molar-refractivity contribution is 8.13. The lowest BCUT2D eigenvalue weighted by Gasteiger charge is -1.95. The summed E-state index contributed by atoms with van der Waals surface area (Å²) in [6.45, 7) is 0. The van der Waals surface area contributed by atoms with Crippen LogP contribution in [0, 0.1) is 0 Å². The molecule has 0 saturated carbocycles. The van der Waals surface area contributed by atoms with Crippen LogP contribution in [0.15, 0.2) is 24.3 Å². The SMILES string of the molecule is CSC(=O)c1cccc(Cl)c1. The smallest absolute Gasteiger partial charge is 0.219 e. The van der Waals surface area contributed by atoms with Crippen LogP contribution in [0.5, 0.6) is 0 Å².